The summed E-state index contributed by atoms with van der Waals surface area (Å²) in [4.78, 5) is 2.63. The predicted molar refractivity (Wildman–Crippen MR) is 72.7 cm³/mol. The first-order valence-electron chi connectivity index (χ1n) is 7.33. The highest BCUT2D eigenvalue weighted by atomic mass is 16.5. The van der Waals surface area contributed by atoms with E-state index in [1.165, 1.54) is 12.8 Å². The lowest BCUT2D eigenvalue weighted by molar-refractivity contribution is -0.0790. The molecule has 1 saturated heterocycles. The van der Waals surface area contributed by atoms with Gasteiger partial charge in [0.2, 0.25) is 0 Å². The SMILES string of the molecule is CCC1CC(CN)(N(CCOC)C2CC2)CCO1. The molecule has 2 unspecified atom stereocenters. The lowest BCUT2D eigenvalue weighted by Gasteiger charge is -2.48. The normalized spacial score (nSPS) is 33.0. The van der Waals surface area contributed by atoms with Gasteiger partial charge >= 0.3 is 0 Å². The Morgan fingerprint density at radius 2 is 2.22 bits per heavy atom. The molecule has 0 spiro atoms. The molecule has 1 aliphatic carbocycles. The molecule has 0 radical (unpaired) electrons. The van der Waals surface area contributed by atoms with Gasteiger partial charge < -0.3 is 15.2 Å². The molecule has 0 aromatic carbocycles. The van der Waals surface area contributed by atoms with E-state index in [1.54, 1.807) is 7.11 Å². The van der Waals surface area contributed by atoms with E-state index in [0.29, 0.717) is 6.10 Å². The molecule has 4 heteroatoms. The van der Waals surface area contributed by atoms with Gasteiger partial charge in [0.25, 0.3) is 0 Å². The van der Waals surface area contributed by atoms with E-state index in [-0.39, 0.29) is 5.54 Å². The van der Waals surface area contributed by atoms with Gasteiger partial charge in [-0.05, 0) is 32.1 Å². The molecule has 18 heavy (non-hydrogen) atoms. The lowest BCUT2D eigenvalue weighted by atomic mass is 9.83. The molecule has 0 amide bonds. The van der Waals surface area contributed by atoms with Crippen LogP contribution in [0.15, 0.2) is 0 Å². The first kappa shape index (κ1) is 14.3. The minimum Gasteiger partial charge on any atom is -0.383 e. The number of nitrogens with zero attached hydrogens (tertiary/aromatic N) is 1. The molecule has 1 saturated carbocycles. The Morgan fingerprint density at radius 3 is 2.78 bits per heavy atom. The Bertz CT molecular complexity index is 258. The van der Waals surface area contributed by atoms with Crippen molar-refractivity contribution in [1.29, 1.82) is 0 Å². The fraction of sp³-hybridized carbons (Fsp3) is 1.00. The Kier molecular flexibility index (Phi) is 5.01. The van der Waals surface area contributed by atoms with Crippen LogP contribution in [-0.2, 0) is 9.47 Å². The Morgan fingerprint density at radius 1 is 1.44 bits per heavy atom. The Labute approximate surface area is 111 Å². The van der Waals surface area contributed by atoms with Crippen molar-refractivity contribution in [1.82, 2.24) is 4.90 Å². The Hall–Kier alpha value is -0.160. The third-order valence-electron chi connectivity index (χ3n) is 4.50. The van der Waals surface area contributed by atoms with E-state index in [9.17, 15) is 0 Å². The quantitative estimate of drug-likeness (QED) is 0.747. The molecule has 4 nitrogen and oxygen atoms in total. The molecule has 2 N–H and O–H groups in total. The van der Waals surface area contributed by atoms with Gasteiger partial charge in [-0.15, -0.1) is 0 Å². The van der Waals surface area contributed by atoms with Crippen LogP contribution in [0.3, 0.4) is 0 Å². The van der Waals surface area contributed by atoms with Crippen LogP contribution in [0.4, 0.5) is 0 Å². The summed E-state index contributed by atoms with van der Waals surface area (Å²) >= 11 is 0. The molecule has 2 aliphatic rings. The van der Waals surface area contributed by atoms with E-state index >= 15 is 0 Å². The fourth-order valence-electron chi connectivity index (χ4n) is 3.21. The summed E-state index contributed by atoms with van der Waals surface area (Å²) in [7, 11) is 1.78. The van der Waals surface area contributed by atoms with Crippen molar-refractivity contribution < 1.29 is 9.47 Å². The van der Waals surface area contributed by atoms with Crippen molar-refractivity contribution in [2.45, 2.75) is 56.7 Å². The number of hydrogen-bond acceptors (Lipinski definition) is 4. The van der Waals surface area contributed by atoms with Crippen LogP contribution in [0.2, 0.25) is 0 Å². The summed E-state index contributed by atoms with van der Waals surface area (Å²) in [5, 5.41) is 0. The summed E-state index contributed by atoms with van der Waals surface area (Å²) < 4.78 is 11.1. The monoisotopic (exact) mass is 256 g/mol. The van der Waals surface area contributed by atoms with E-state index < -0.39 is 0 Å². The van der Waals surface area contributed by atoms with Crippen LogP contribution in [-0.4, -0.2) is 56.0 Å². The van der Waals surface area contributed by atoms with Gasteiger partial charge in [0.1, 0.15) is 0 Å². The van der Waals surface area contributed by atoms with E-state index in [0.717, 1.165) is 51.6 Å². The summed E-state index contributed by atoms with van der Waals surface area (Å²) in [5.41, 5.74) is 6.31. The minimum atomic E-state index is 0.151. The zero-order valence-corrected chi connectivity index (χ0v) is 11.9. The number of nitrogens with two attached hydrogens (primary N) is 1. The second-order valence-electron chi connectivity index (χ2n) is 5.70. The van der Waals surface area contributed by atoms with Crippen LogP contribution < -0.4 is 5.73 Å². The molecule has 0 bridgehead atoms. The molecular weight excluding hydrogens is 228 g/mol. The zero-order chi connectivity index (χ0) is 13.0. The van der Waals surface area contributed by atoms with Crippen LogP contribution in [0.5, 0.6) is 0 Å². The molecular formula is C14H28N2O2. The van der Waals surface area contributed by atoms with Crippen molar-refractivity contribution in [2.75, 3.05) is 33.4 Å². The molecule has 1 aliphatic heterocycles. The minimum absolute atomic E-state index is 0.151. The highest BCUT2D eigenvalue weighted by Gasteiger charge is 2.45. The highest BCUT2D eigenvalue weighted by Crippen LogP contribution is 2.39. The summed E-state index contributed by atoms with van der Waals surface area (Å²) in [6, 6.07) is 0.735. The van der Waals surface area contributed by atoms with Crippen LogP contribution in [0.25, 0.3) is 0 Å². The third-order valence-corrected chi connectivity index (χ3v) is 4.50. The highest BCUT2D eigenvalue weighted by molar-refractivity contribution is 5.02. The van der Waals surface area contributed by atoms with Crippen molar-refractivity contribution in [2.24, 2.45) is 5.73 Å². The molecule has 0 aromatic heterocycles. The van der Waals surface area contributed by atoms with Crippen LogP contribution in [0.1, 0.15) is 39.0 Å². The van der Waals surface area contributed by atoms with Gasteiger partial charge in [-0.1, -0.05) is 6.92 Å². The second kappa shape index (κ2) is 6.33. The maximum absolute atomic E-state index is 6.16. The average Bonchev–Trinajstić information content (AvgIpc) is 3.24. The average molecular weight is 256 g/mol. The van der Waals surface area contributed by atoms with Crippen LogP contribution in [0, 0.1) is 0 Å². The van der Waals surface area contributed by atoms with E-state index in [2.05, 4.69) is 11.8 Å². The van der Waals surface area contributed by atoms with Crippen molar-refractivity contribution in [3.63, 3.8) is 0 Å². The maximum atomic E-state index is 6.16. The first-order valence-corrected chi connectivity index (χ1v) is 7.33. The zero-order valence-electron chi connectivity index (χ0n) is 11.9. The standard InChI is InChI=1S/C14H28N2O2/c1-3-13-10-14(11-15,6-8-18-13)16(7-9-17-2)12-4-5-12/h12-13H,3-11,15H2,1-2H3. The fourth-order valence-corrected chi connectivity index (χ4v) is 3.21. The summed E-state index contributed by atoms with van der Waals surface area (Å²) in [6.07, 6.45) is 6.27. The summed E-state index contributed by atoms with van der Waals surface area (Å²) in [6.45, 7) is 5.61. The topological polar surface area (TPSA) is 47.7 Å². The molecule has 1 heterocycles. The van der Waals surface area contributed by atoms with Gasteiger partial charge in [-0.25, -0.2) is 0 Å². The maximum Gasteiger partial charge on any atom is 0.0590 e. The van der Waals surface area contributed by atoms with Crippen molar-refractivity contribution in [3.8, 4) is 0 Å². The summed E-state index contributed by atoms with van der Waals surface area (Å²) in [5.74, 6) is 0. The molecule has 106 valence electrons. The van der Waals surface area contributed by atoms with Gasteiger partial charge in [0, 0.05) is 38.4 Å². The van der Waals surface area contributed by atoms with Crippen molar-refractivity contribution >= 4 is 0 Å². The number of methoxy groups -OCH3 is 1. The number of ether oxygens (including phenoxy) is 2. The first-order chi connectivity index (χ1) is 8.75. The molecule has 0 aromatic rings. The molecule has 2 fully saturated rings. The number of rotatable bonds is 7. The predicted octanol–water partition coefficient (Wildman–Crippen LogP) is 1.38. The van der Waals surface area contributed by atoms with E-state index in [4.69, 9.17) is 15.2 Å². The Balaban J connectivity index is 2.06. The van der Waals surface area contributed by atoms with Gasteiger partial charge in [0.05, 0.1) is 12.7 Å². The van der Waals surface area contributed by atoms with Crippen molar-refractivity contribution in [3.05, 3.63) is 0 Å². The lowest BCUT2D eigenvalue weighted by Crippen LogP contribution is -2.60. The molecule has 2 atom stereocenters. The van der Waals surface area contributed by atoms with Gasteiger partial charge in [0.15, 0.2) is 0 Å². The van der Waals surface area contributed by atoms with Gasteiger partial charge in [-0.3, -0.25) is 4.90 Å². The second-order valence-corrected chi connectivity index (χ2v) is 5.70. The van der Waals surface area contributed by atoms with Gasteiger partial charge in [-0.2, -0.15) is 0 Å². The smallest absolute Gasteiger partial charge is 0.0590 e. The number of hydrogen-bond donors (Lipinski definition) is 1. The third kappa shape index (κ3) is 3.05. The van der Waals surface area contributed by atoms with E-state index in [1.807, 2.05) is 0 Å². The largest absolute Gasteiger partial charge is 0.383 e. The molecule has 2 rings (SSSR count). The van der Waals surface area contributed by atoms with Crippen LogP contribution >= 0.6 is 0 Å².